The van der Waals surface area contributed by atoms with Gasteiger partial charge in [-0.25, -0.2) is 9.37 Å². The quantitative estimate of drug-likeness (QED) is 0.575. The average molecular weight is 474 g/mol. The Morgan fingerprint density at radius 1 is 1.24 bits per heavy atom. The van der Waals surface area contributed by atoms with Crippen LogP contribution in [0.5, 0.6) is 0 Å². The summed E-state index contributed by atoms with van der Waals surface area (Å²) >= 11 is 1.61. The lowest BCUT2D eigenvalue weighted by atomic mass is 9.87. The molecule has 1 N–H and O–H groups in total. The number of nitrogens with zero attached hydrogens (tertiary/aromatic N) is 2. The third-order valence-electron chi connectivity index (χ3n) is 6.48. The summed E-state index contributed by atoms with van der Waals surface area (Å²) in [5.41, 5.74) is 3.58. The Balaban J connectivity index is 0.00000149. The van der Waals surface area contributed by atoms with Crippen LogP contribution in [0.3, 0.4) is 0 Å². The van der Waals surface area contributed by atoms with Gasteiger partial charge in [-0.2, -0.15) is 0 Å². The molecule has 5 nitrogen and oxygen atoms in total. The Kier molecular flexibility index (Phi) is 8.27. The highest BCUT2D eigenvalue weighted by atomic mass is 32.1. The monoisotopic (exact) mass is 473 g/mol. The zero-order valence-electron chi connectivity index (χ0n) is 20.4. The second-order valence-corrected chi connectivity index (χ2v) is 9.98. The minimum atomic E-state index is -1.38. The number of amides is 2. The maximum absolute atomic E-state index is 14.8. The van der Waals surface area contributed by atoms with Gasteiger partial charge in [0.15, 0.2) is 0 Å². The number of halogens is 1. The van der Waals surface area contributed by atoms with Crippen molar-refractivity contribution in [2.24, 2.45) is 11.8 Å². The first kappa shape index (κ1) is 25.3. The molecule has 2 unspecified atom stereocenters. The molecule has 2 fully saturated rings. The van der Waals surface area contributed by atoms with E-state index < -0.39 is 17.6 Å². The molecule has 1 saturated heterocycles. The van der Waals surface area contributed by atoms with Crippen molar-refractivity contribution in [3.63, 3.8) is 0 Å². The fourth-order valence-electron chi connectivity index (χ4n) is 4.68. The minimum Gasteiger partial charge on any atom is -0.350 e. The summed E-state index contributed by atoms with van der Waals surface area (Å²) in [6.07, 6.45) is 2.30. The molecule has 2 aromatic rings. The van der Waals surface area contributed by atoms with Gasteiger partial charge in [-0.15, -0.1) is 11.3 Å². The number of hydrogen-bond acceptors (Lipinski definition) is 4. The molecule has 33 heavy (non-hydrogen) atoms. The predicted molar refractivity (Wildman–Crippen MR) is 132 cm³/mol. The van der Waals surface area contributed by atoms with Crippen LogP contribution in [-0.2, 0) is 16.1 Å². The molecule has 7 heteroatoms. The van der Waals surface area contributed by atoms with Crippen LogP contribution in [0.1, 0.15) is 64.6 Å². The van der Waals surface area contributed by atoms with Crippen molar-refractivity contribution in [3.05, 3.63) is 41.0 Å². The molecule has 2 amide bonds. The van der Waals surface area contributed by atoms with E-state index >= 15 is 0 Å². The van der Waals surface area contributed by atoms with Crippen LogP contribution in [0.2, 0.25) is 0 Å². The lowest BCUT2D eigenvalue weighted by molar-refractivity contribution is -0.145. The Labute approximate surface area is 200 Å². The number of rotatable bonds is 7. The van der Waals surface area contributed by atoms with Crippen LogP contribution in [0.15, 0.2) is 29.8 Å². The molecule has 0 bridgehead atoms. The summed E-state index contributed by atoms with van der Waals surface area (Å²) in [5.74, 6) is -1.08. The molecule has 1 aromatic carbocycles. The van der Waals surface area contributed by atoms with Gasteiger partial charge in [-0.05, 0) is 49.7 Å². The topological polar surface area (TPSA) is 62.3 Å². The van der Waals surface area contributed by atoms with Crippen LogP contribution in [-0.4, -0.2) is 40.0 Å². The first-order valence-corrected chi connectivity index (χ1v) is 12.9. The van der Waals surface area contributed by atoms with E-state index in [1.165, 1.54) is 0 Å². The van der Waals surface area contributed by atoms with Gasteiger partial charge in [0.1, 0.15) is 11.7 Å². The maximum Gasteiger partial charge on any atom is 0.243 e. The largest absolute Gasteiger partial charge is 0.350 e. The first-order chi connectivity index (χ1) is 15.8. The molecule has 2 aliphatic rings. The molecular formula is C26H36FN3O2S. The fourth-order valence-corrected chi connectivity index (χ4v) is 5.49. The number of nitrogens with one attached hydrogen (secondary N) is 1. The van der Waals surface area contributed by atoms with Gasteiger partial charge in [0, 0.05) is 13.1 Å². The van der Waals surface area contributed by atoms with Crippen molar-refractivity contribution in [3.8, 4) is 10.4 Å². The predicted octanol–water partition coefficient (Wildman–Crippen LogP) is 5.53. The number of benzene rings is 1. The Morgan fingerprint density at radius 2 is 1.91 bits per heavy atom. The summed E-state index contributed by atoms with van der Waals surface area (Å²) in [5, 5.41) is 2.98. The van der Waals surface area contributed by atoms with Gasteiger partial charge in [0.25, 0.3) is 0 Å². The van der Waals surface area contributed by atoms with Crippen LogP contribution < -0.4 is 5.32 Å². The Morgan fingerprint density at radius 3 is 2.45 bits per heavy atom. The highest BCUT2D eigenvalue weighted by Crippen LogP contribution is 2.50. The summed E-state index contributed by atoms with van der Waals surface area (Å²) < 4.78 is 14.8. The molecule has 1 aliphatic heterocycles. The molecule has 180 valence electrons. The summed E-state index contributed by atoms with van der Waals surface area (Å²) in [6, 6.07) is 7.58. The van der Waals surface area contributed by atoms with Gasteiger partial charge in [0.2, 0.25) is 11.8 Å². The molecule has 1 aromatic heterocycles. The average Bonchev–Trinajstić information content (AvgIpc) is 3.19. The van der Waals surface area contributed by atoms with E-state index in [0.717, 1.165) is 28.1 Å². The SMILES string of the molecule is CC.Cc1ncsc1-c1ccc(CNC(=O)C2CCCN2C(=O)C(C(C)C)C2(F)CC2)cc1. The highest BCUT2D eigenvalue weighted by molar-refractivity contribution is 7.13. The summed E-state index contributed by atoms with van der Waals surface area (Å²) in [6.45, 7) is 10.7. The molecule has 2 heterocycles. The molecule has 0 spiro atoms. The van der Waals surface area contributed by atoms with Crippen molar-refractivity contribution in [2.75, 3.05) is 6.54 Å². The van der Waals surface area contributed by atoms with Crippen molar-refractivity contribution in [2.45, 2.75) is 78.6 Å². The van der Waals surface area contributed by atoms with E-state index in [2.05, 4.69) is 10.3 Å². The van der Waals surface area contributed by atoms with E-state index in [1.807, 2.05) is 64.4 Å². The van der Waals surface area contributed by atoms with E-state index in [4.69, 9.17) is 0 Å². The number of alkyl halides is 1. The van der Waals surface area contributed by atoms with Gasteiger partial charge in [-0.1, -0.05) is 52.0 Å². The lowest BCUT2D eigenvalue weighted by Gasteiger charge is -2.31. The Bertz CT molecular complexity index is 953. The van der Waals surface area contributed by atoms with Gasteiger partial charge < -0.3 is 10.2 Å². The smallest absolute Gasteiger partial charge is 0.243 e. The number of thiazole rings is 1. The second kappa shape index (κ2) is 10.8. The number of likely N-dealkylation sites (tertiary alicyclic amines) is 1. The van der Waals surface area contributed by atoms with E-state index in [9.17, 15) is 14.0 Å². The molecule has 0 radical (unpaired) electrons. The van der Waals surface area contributed by atoms with E-state index in [1.54, 1.807) is 16.2 Å². The lowest BCUT2D eigenvalue weighted by Crippen LogP contribution is -2.50. The van der Waals surface area contributed by atoms with Crippen molar-refractivity contribution >= 4 is 23.2 Å². The number of aryl methyl sites for hydroxylation is 1. The number of carbonyl (C=O) groups excluding carboxylic acids is 2. The van der Waals surface area contributed by atoms with Crippen molar-refractivity contribution < 1.29 is 14.0 Å². The van der Waals surface area contributed by atoms with Gasteiger partial charge in [-0.3, -0.25) is 9.59 Å². The van der Waals surface area contributed by atoms with Crippen molar-refractivity contribution in [1.29, 1.82) is 0 Å². The van der Waals surface area contributed by atoms with E-state index in [0.29, 0.717) is 32.4 Å². The summed E-state index contributed by atoms with van der Waals surface area (Å²) in [7, 11) is 0. The number of carbonyl (C=O) groups is 2. The summed E-state index contributed by atoms with van der Waals surface area (Å²) in [4.78, 5) is 33.1. The first-order valence-electron chi connectivity index (χ1n) is 12.1. The van der Waals surface area contributed by atoms with Crippen LogP contribution in [0.4, 0.5) is 4.39 Å². The molecule has 1 saturated carbocycles. The zero-order chi connectivity index (χ0) is 24.2. The number of hydrogen-bond donors (Lipinski definition) is 1. The van der Waals surface area contributed by atoms with Crippen LogP contribution in [0, 0.1) is 18.8 Å². The van der Waals surface area contributed by atoms with Gasteiger partial charge >= 0.3 is 0 Å². The number of aromatic nitrogens is 1. The normalized spacial score (nSPS) is 19.6. The molecular weight excluding hydrogens is 437 g/mol. The zero-order valence-corrected chi connectivity index (χ0v) is 21.2. The molecule has 1 aliphatic carbocycles. The maximum atomic E-state index is 14.8. The Hall–Kier alpha value is -2.28. The van der Waals surface area contributed by atoms with Crippen LogP contribution >= 0.6 is 11.3 Å². The third kappa shape index (κ3) is 5.62. The molecule has 2 atom stereocenters. The highest BCUT2D eigenvalue weighted by Gasteiger charge is 2.56. The third-order valence-corrected chi connectivity index (χ3v) is 7.46. The van der Waals surface area contributed by atoms with Crippen molar-refractivity contribution in [1.82, 2.24) is 15.2 Å². The van der Waals surface area contributed by atoms with E-state index in [-0.39, 0.29) is 17.7 Å². The minimum absolute atomic E-state index is 0.0787. The van der Waals surface area contributed by atoms with Gasteiger partial charge in [0.05, 0.1) is 22.0 Å². The fraction of sp³-hybridized carbons (Fsp3) is 0.577. The second-order valence-electron chi connectivity index (χ2n) is 9.13. The van der Waals surface area contributed by atoms with Crippen LogP contribution in [0.25, 0.3) is 10.4 Å². The standard InChI is InChI=1S/C24H30FN3O2S.C2H6/c1-15(2)20(24(25)10-11-24)23(30)28-12-4-5-19(28)22(29)26-13-17-6-8-18(9-7-17)21-16(3)27-14-31-21;1-2/h6-9,14-15,19-20H,4-5,10-13H2,1-3H3,(H,26,29);1-2H3. The molecule has 4 rings (SSSR count).